The molecule has 0 amide bonds. The van der Waals surface area contributed by atoms with Gasteiger partial charge in [-0.3, -0.25) is 5.41 Å². The van der Waals surface area contributed by atoms with E-state index in [2.05, 4.69) is 4.98 Å². The van der Waals surface area contributed by atoms with Gasteiger partial charge in [-0.2, -0.15) is 13.2 Å². The van der Waals surface area contributed by atoms with Crippen molar-refractivity contribution < 1.29 is 13.2 Å². The maximum Gasteiger partial charge on any atom is 0.391 e. The number of pyridine rings is 1. The Hall–Kier alpha value is -1.50. The minimum absolute atomic E-state index is 0.0197. The van der Waals surface area contributed by atoms with E-state index in [1.165, 1.54) is 12.3 Å². The first-order chi connectivity index (χ1) is 9.30. The third kappa shape index (κ3) is 2.98. The third-order valence-corrected chi connectivity index (χ3v) is 3.79. The Labute approximate surface area is 119 Å². The van der Waals surface area contributed by atoms with Crippen LogP contribution < -0.4 is 10.6 Å². The Morgan fingerprint density at radius 1 is 1.40 bits per heavy atom. The molecule has 0 atom stereocenters. The van der Waals surface area contributed by atoms with E-state index in [0.29, 0.717) is 11.4 Å². The molecule has 2 heterocycles. The minimum atomic E-state index is -4.15. The number of nitrogens with one attached hydrogen (secondary N) is 1. The molecular weight excluding hydrogens is 293 g/mol. The molecule has 1 aromatic heterocycles. The second-order valence-corrected chi connectivity index (χ2v) is 5.09. The average Bonchev–Trinajstić information content (AvgIpc) is 2.38. The number of amidine groups is 1. The van der Waals surface area contributed by atoms with Crippen molar-refractivity contribution in [3.05, 3.63) is 22.8 Å². The molecule has 8 heteroatoms. The van der Waals surface area contributed by atoms with Crippen LogP contribution in [0.1, 0.15) is 18.4 Å². The average molecular weight is 307 g/mol. The van der Waals surface area contributed by atoms with Crippen LogP contribution in [0.25, 0.3) is 0 Å². The second kappa shape index (κ2) is 5.47. The van der Waals surface area contributed by atoms with E-state index in [0.717, 1.165) is 0 Å². The fraction of sp³-hybridized carbons (Fsp3) is 0.500. The zero-order valence-electron chi connectivity index (χ0n) is 10.5. The van der Waals surface area contributed by atoms with Gasteiger partial charge < -0.3 is 10.6 Å². The molecule has 1 aliphatic heterocycles. The molecule has 3 N–H and O–H groups in total. The molecule has 2 rings (SSSR count). The molecule has 0 spiro atoms. The first kappa shape index (κ1) is 14.9. The van der Waals surface area contributed by atoms with Crippen molar-refractivity contribution in [2.24, 2.45) is 11.7 Å². The van der Waals surface area contributed by atoms with Gasteiger partial charge in [-0.25, -0.2) is 4.98 Å². The van der Waals surface area contributed by atoms with Gasteiger partial charge in [0, 0.05) is 24.8 Å². The number of rotatable bonds is 2. The Balaban J connectivity index is 2.15. The molecule has 20 heavy (non-hydrogen) atoms. The number of nitrogen functional groups attached to an aromatic ring is 1. The summed E-state index contributed by atoms with van der Waals surface area (Å²) in [5.74, 6) is -1.07. The van der Waals surface area contributed by atoms with Gasteiger partial charge in [-0.15, -0.1) is 0 Å². The molecule has 1 fully saturated rings. The third-order valence-electron chi connectivity index (χ3n) is 3.42. The topological polar surface area (TPSA) is 66.0 Å². The molecule has 0 bridgehead atoms. The highest BCUT2D eigenvalue weighted by Gasteiger charge is 2.41. The van der Waals surface area contributed by atoms with Gasteiger partial charge in [0.1, 0.15) is 11.7 Å². The van der Waals surface area contributed by atoms with Crippen LogP contribution >= 0.6 is 11.6 Å². The molecule has 110 valence electrons. The molecule has 0 aliphatic carbocycles. The summed E-state index contributed by atoms with van der Waals surface area (Å²) in [4.78, 5) is 5.80. The number of nitrogens with zero attached hydrogens (tertiary/aromatic N) is 2. The van der Waals surface area contributed by atoms with Gasteiger partial charge >= 0.3 is 6.18 Å². The monoisotopic (exact) mass is 306 g/mol. The first-order valence-corrected chi connectivity index (χ1v) is 6.49. The lowest BCUT2D eigenvalue weighted by molar-refractivity contribution is -0.179. The van der Waals surface area contributed by atoms with Crippen molar-refractivity contribution in [3.8, 4) is 0 Å². The van der Waals surface area contributed by atoms with E-state index in [1.807, 2.05) is 0 Å². The molecule has 0 unspecified atom stereocenters. The number of aromatic nitrogens is 1. The summed E-state index contributed by atoms with van der Waals surface area (Å²) < 4.78 is 37.8. The first-order valence-electron chi connectivity index (χ1n) is 6.11. The van der Waals surface area contributed by atoms with Crippen LogP contribution in [0.3, 0.4) is 0 Å². The standard InChI is InChI=1S/C12H14ClF3N4/c13-9-8(10(17)18)1-4-19-11(9)20-5-2-7(3-6-20)12(14,15)16/h1,4,7H,2-3,5-6H2,(H3,17,18). The summed E-state index contributed by atoms with van der Waals surface area (Å²) in [6.07, 6.45) is -2.66. The summed E-state index contributed by atoms with van der Waals surface area (Å²) in [5, 5.41) is 7.61. The van der Waals surface area contributed by atoms with Gasteiger partial charge in [0.25, 0.3) is 0 Å². The van der Waals surface area contributed by atoms with Crippen LogP contribution in [0, 0.1) is 11.3 Å². The number of nitrogens with two attached hydrogens (primary N) is 1. The lowest BCUT2D eigenvalue weighted by atomic mass is 9.96. The van der Waals surface area contributed by atoms with E-state index < -0.39 is 12.1 Å². The molecule has 4 nitrogen and oxygen atoms in total. The highest BCUT2D eigenvalue weighted by atomic mass is 35.5. The van der Waals surface area contributed by atoms with Crippen LogP contribution in [0.2, 0.25) is 5.02 Å². The number of halogens is 4. The van der Waals surface area contributed by atoms with Crippen molar-refractivity contribution in [3.63, 3.8) is 0 Å². The molecular formula is C12H14ClF3N4. The van der Waals surface area contributed by atoms with Crippen LogP contribution in [0.15, 0.2) is 12.3 Å². The van der Waals surface area contributed by atoms with Crippen molar-refractivity contribution in [1.29, 1.82) is 5.41 Å². The van der Waals surface area contributed by atoms with Crippen LogP contribution in [0.5, 0.6) is 0 Å². The van der Waals surface area contributed by atoms with Gasteiger partial charge in [0.05, 0.1) is 10.9 Å². The van der Waals surface area contributed by atoms with Crippen LogP contribution in [0.4, 0.5) is 19.0 Å². The van der Waals surface area contributed by atoms with E-state index in [4.69, 9.17) is 22.7 Å². The highest BCUT2D eigenvalue weighted by Crippen LogP contribution is 2.36. The normalized spacial score (nSPS) is 17.3. The number of alkyl halides is 3. The van der Waals surface area contributed by atoms with Crippen molar-refractivity contribution in [2.75, 3.05) is 18.0 Å². The SMILES string of the molecule is N=C(N)c1ccnc(N2CCC(C(F)(F)F)CC2)c1Cl. The second-order valence-electron chi connectivity index (χ2n) is 4.71. The lowest BCUT2D eigenvalue weighted by Gasteiger charge is -2.34. The number of hydrogen-bond donors (Lipinski definition) is 2. The fourth-order valence-electron chi connectivity index (χ4n) is 2.28. The van der Waals surface area contributed by atoms with Gasteiger partial charge in [-0.05, 0) is 18.9 Å². The molecule has 1 aliphatic rings. The maximum absolute atomic E-state index is 12.6. The van der Waals surface area contributed by atoms with Crippen molar-refractivity contribution in [1.82, 2.24) is 4.98 Å². The summed E-state index contributed by atoms with van der Waals surface area (Å²) in [7, 11) is 0. The Morgan fingerprint density at radius 3 is 2.50 bits per heavy atom. The maximum atomic E-state index is 12.6. The quantitative estimate of drug-likeness (QED) is 0.652. The van der Waals surface area contributed by atoms with E-state index in [-0.39, 0.29) is 36.8 Å². The summed E-state index contributed by atoms with van der Waals surface area (Å²) in [5.41, 5.74) is 5.74. The number of piperidine rings is 1. The zero-order valence-corrected chi connectivity index (χ0v) is 11.3. The molecule has 0 radical (unpaired) electrons. The summed E-state index contributed by atoms with van der Waals surface area (Å²) >= 11 is 6.12. The van der Waals surface area contributed by atoms with Gasteiger partial charge in [0.2, 0.25) is 0 Å². The predicted molar refractivity (Wildman–Crippen MR) is 71.3 cm³/mol. The Kier molecular flexibility index (Phi) is 4.08. The molecule has 1 aromatic rings. The molecule has 0 aromatic carbocycles. The van der Waals surface area contributed by atoms with E-state index in [1.54, 1.807) is 4.90 Å². The van der Waals surface area contributed by atoms with Crippen molar-refractivity contribution >= 4 is 23.3 Å². The smallest absolute Gasteiger partial charge is 0.384 e. The predicted octanol–water partition coefficient (Wildman–Crippen LogP) is 2.80. The fourth-order valence-corrected chi connectivity index (χ4v) is 2.61. The van der Waals surface area contributed by atoms with E-state index >= 15 is 0 Å². The Morgan fingerprint density at radius 2 is 2.00 bits per heavy atom. The largest absolute Gasteiger partial charge is 0.391 e. The summed E-state index contributed by atoms with van der Waals surface area (Å²) in [6.45, 7) is 0.469. The summed E-state index contributed by atoms with van der Waals surface area (Å²) in [6, 6.07) is 1.51. The van der Waals surface area contributed by atoms with Crippen LogP contribution in [-0.2, 0) is 0 Å². The highest BCUT2D eigenvalue weighted by molar-refractivity contribution is 6.36. The number of hydrogen-bond acceptors (Lipinski definition) is 3. The molecule has 1 saturated heterocycles. The van der Waals surface area contributed by atoms with Crippen molar-refractivity contribution in [2.45, 2.75) is 19.0 Å². The van der Waals surface area contributed by atoms with Gasteiger partial charge in [0.15, 0.2) is 0 Å². The Bertz CT molecular complexity index is 510. The zero-order chi connectivity index (χ0) is 14.9. The van der Waals surface area contributed by atoms with E-state index in [9.17, 15) is 13.2 Å². The lowest BCUT2D eigenvalue weighted by Crippen LogP contribution is -2.39. The number of anilines is 1. The molecule has 0 saturated carbocycles. The van der Waals surface area contributed by atoms with Crippen LogP contribution in [-0.4, -0.2) is 30.1 Å². The minimum Gasteiger partial charge on any atom is -0.384 e. The van der Waals surface area contributed by atoms with Gasteiger partial charge in [-0.1, -0.05) is 11.6 Å².